The van der Waals surface area contributed by atoms with E-state index in [1.165, 1.54) is 24.8 Å². The zero-order valence-electron chi connectivity index (χ0n) is 12.0. The molecule has 0 amide bonds. The van der Waals surface area contributed by atoms with Crippen molar-refractivity contribution in [1.29, 1.82) is 0 Å². The molecule has 1 heterocycles. The molecule has 0 spiro atoms. The van der Waals surface area contributed by atoms with Gasteiger partial charge in [-0.25, -0.2) is 0 Å². The quantitative estimate of drug-likeness (QED) is 0.903. The lowest BCUT2D eigenvalue weighted by Gasteiger charge is -2.36. The zero-order chi connectivity index (χ0) is 13.9. The number of benzene rings is 1. The van der Waals surface area contributed by atoms with Crippen LogP contribution >= 0.6 is 0 Å². The average Bonchev–Trinajstić information content (AvgIpc) is 2.84. The van der Waals surface area contributed by atoms with Crippen molar-refractivity contribution in [2.45, 2.75) is 45.2 Å². The van der Waals surface area contributed by atoms with Crippen LogP contribution in [0.15, 0.2) is 34.9 Å². The number of aryl methyl sites for hydroxylation is 1. The topological polar surface area (TPSA) is 51.0 Å². The molecule has 0 saturated heterocycles. The van der Waals surface area contributed by atoms with Crippen LogP contribution in [0, 0.1) is 12.8 Å². The minimum absolute atomic E-state index is 0.0713. The van der Waals surface area contributed by atoms with Gasteiger partial charge in [0.25, 0.3) is 0 Å². The fourth-order valence-corrected chi connectivity index (χ4v) is 2.77. The van der Waals surface area contributed by atoms with Gasteiger partial charge in [-0.1, -0.05) is 41.9 Å². The van der Waals surface area contributed by atoms with Crippen LogP contribution in [0.5, 0.6) is 0 Å². The molecule has 2 atom stereocenters. The first-order valence-corrected chi connectivity index (χ1v) is 7.35. The third-order valence-electron chi connectivity index (χ3n) is 4.12. The van der Waals surface area contributed by atoms with Gasteiger partial charge < -0.3 is 4.52 Å². The second-order valence-electron chi connectivity index (χ2n) is 5.65. The summed E-state index contributed by atoms with van der Waals surface area (Å²) in [5.41, 5.74) is 1.35. The van der Waals surface area contributed by atoms with Gasteiger partial charge in [0, 0.05) is 6.04 Å². The lowest BCUT2D eigenvalue weighted by molar-refractivity contribution is 0.207. The fraction of sp³-hybridized carbons (Fsp3) is 0.500. The highest BCUT2D eigenvalue weighted by Gasteiger charge is 2.30. The predicted molar refractivity (Wildman–Crippen MR) is 77.1 cm³/mol. The molecular weight excluding hydrogens is 250 g/mol. The van der Waals surface area contributed by atoms with E-state index in [0.717, 1.165) is 0 Å². The Kier molecular flexibility index (Phi) is 3.83. The molecule has 4 nitrogen and oxygen atoms in total. The smallest absolute Gasteiger partial charge is 0.243 e. The maximum Gasteiger partial charge on any atom is 0.243 e. The van der Waals surface area contributed by atoms with E-state index in [9.17, 15) is 0 Å². The number of aromatic nitrogens is 2. The normalized spacial score (nSPS) is 18.5. The third kappa shape index (κ3) is 2.75. The van der Waals surface area contributed by atoms with Gasteiger partial charge in [-0.2, -0.15) is 4.98 Å². The molecule has 3 rings (SSSR count). The first-order chi connectivity index (χ1) is 9.74. The van der Waals surface area contributed by atoms with Crippen molar-refractivity contribution in [3.63, 3.8) is 0 Å². The summed E-state index contributed by atoms with van der Waals surface area (Å²) in [6.45, 7) is 3.93. The summed E-state index contributed by atoms with van der Waals surface area (Å²) in [5, 5.41) is 7.54. The second-order valence-corrected chi connectivity index (χ2v) is 5.65. The molecule has 0 unspecified atom stereocenters. The zero-order valence-corrected chi connectivity index (χ0v) is 12.0. The molecule has 1 fully saturated rings. The van der Waals surface area contributed by atoms with E-state index >= 15 is 0 Å². The van der Waals surface area contributed by atoms with Crippen LogP contribution in [0.2, 0.25) is 0 Å². The molecule has 2 aromatic rings. The highest BCUT2D eigenvalue weighted by Crippen LogP contribution is 2.38. The summed E-state index contributed by atoms with van der Waals surface area (Å²) >= 11 is 0. The Morgan fingerprint density at radius 1 is 1.25 bits per heavy atom. The maximum atomic E-state index is 5.27. The Labute approximate surface area is 119 Å². The van der Waals surface area contributed by atoms with E-state index in [0.29, 0.717) is 23.7 Å². The monoisotopic (exact) mass is 271 g/mol. The van der Waals surface area contributed by atoms with Gasteiger partial charge in [-0.15, -0.1) is 0 Å². The number of hydrogen-bond donors (Lipinski definition) is 1. The van der Waals surface area contributed by atoms with Crippen molar-refractivity contribution >= 4 is 0 Å². The summed E-state index contributed by atoms with van der Waals surface area (Å²) in [6.07, 6.45) is 3.92. The Hall–Kier alpha value is -1.68. The van der Waals surface area contributed by atoms with Crippen molar-refractivity contribution in [3.05, 3.63) is 47.6 Å². The number of hydrogen-bond acceptors (Lipinski definition) is 4. The van der Waals surface area contributed by atoms with Gasteiger partial charge in [-0.3, -0.25) is 5.32 Å². The van der Waals surface area contributed by atoms with Crippen molar-refractivity contribution in [2.75, 3.05) is 0 Å². The second kappa shape index (κ2) is 5.75. The molecule has 20 heavy (non-hydrogen) atoms. The Morgan fingerprint density at radius 3 is 2.55 bits per heavy atom. The van der Waals surface area contributed by atoms with Crippen molar-refractivity contribution in [1.82, 2.24) is 15.5 Å². The molecular formula is C16H21N3O. The Morgan fingerprint density at radius 2 is 2.00 bits per heavy atom. The van der Waals surface area contributed by atoms with Gasteiger partial charge in [0.15, 0.2) is 5.82 Å². The molecule has 1 aromatic carbocycles. The third-order valence-corrected chi connectivity index (χ3v) is 4.12. The summed E-state index contributed by atoms with van der Waals surface area (Å²) < 4.78 is 5.27. The maximum absolute atomic E-state index is 5.27. The van der Waals surface area contributed by atoms with E-state index in [1.807, 2.05) is 6.92 Å². The first-order valence-electron chi connectivity index (χ1n) is 7.35. The summed E-state index contributed by atoms with van der Waals surface area (Å²) in [7, 11) is 0. The number of rotatable bonds is 5. The molecule has 1 saturated carbocycles. The van der Waals surface area contributed by atoms with E-state index in [1.54, 1.807) is 0 Å². The number of nitrogens with zero attached hydrogens (tertiary/aromatic N) is 2. The molecule has 0 aliphatic heterocycles. The minimum atomic E-state index is 0.0713. The molecule has 0 radical (unpaired) electrons. The highest BCUT2D eigenvalue weighted by atomic mass is 16.5. The van der Waals surface area contributed by atoms with E-state index in [2.05, 4.69) is 52.7 Å². The van der Waals surface area contributed by atoms with Crippen LogP contribution in [-0.2, 0) is 0 Å². The first kappa shape index (κ1) is 13.3. The van der Waals surface area contributed by atoms with Gasteiger partial charge in [0.2, 0.25) is 5.89 Å². The highest BCUT2D eigenvalue weighted by molar-refractivity contribution is 5.20. The lowest BCUT2D eigenvalue weighted by atomic mass is 9.77. The SMILES string of the molecule is Cc1noc([C@H](C)N[C@@H](c2ccccc2)C2CCC2)n1. The largest absolute Gasteiger partial charge is 0.338 e. The van der Waals surface area contributed by atoms with Crippen molar-refractivity contribution in [3.8, 4) is 0 Å². The van der Waals surface area contributed by atoms with Crippen molar-refractivity contribution < 1.29 is 4.52 Å². The molecule has 1 N–H and O–H groups in total. The van der Waals surface area contributed by atoms with Crippen LogP contribution in [0.4, 0.5) is 0 Å². The summed E-state index contributed by atoms with van der Waals surface area (Å²) in [4.78, 5) is 4.32. The summed E-state index contributed by atoms with van der Waals surface area (Å²) in [6, 6.07) is 11.1. The standard InChI is InChI=1S/C16H21N3O/c1-11(16-18-12(2)19-20-16)17-15(14-9-6-10-14)13-7-4-3-5-8-13/h3-5,7-8,11,14-15,17H,6,9-10H2,1-2H3/t11-,15-/m0/s1. The van der Waals surface area contributed by atoms with E-state index in [4.69, 9.17) is 4.52 Å². The van der Waals surface area contributed by atoms with Gasteiger partial charge in [0.05, 0.1) is 6.04 Å². The van der Waals surface area contributed by atoms with E-state index in [-0.39, 0.29) is 6.04 Å². The fourth-order valence-electron chi connectivity index (χ4n) is 2.77. The van der Waals surface area contributed by atoms with Gasteiger partial charge in [-0.05, 0) is 38.2 Å². The van der Waals surface area contributed by atoms with Gasteiger partial charge >= 0.3 is 0 Å². The van der Waals surface area contributed by atoms with Crippen molar-refractivity contribution in [2.24, 2.45) is 5.92 Å². The van der Waals surface area contributed by atoms with Crippen LogP contribution in [0.25, 0.3) is 0 Å². The predicted octanol–water partition coefficient (Wildman–Crippen LogP) is 3.57. The number of nitrogens with one attached hydrogen (secondary N) is 1. The molecule has 1 aromatic heterocycles. The average molecular weight is 271 g/mol. The van der Waals surface area contributed by atoms with Crippen LogP contribution in [0.3, 0.4) is 0 Å². The molecule has 1 aliphatic carbocycles. The Bertz CT molecular complexity index is 548. The molecule has 4 heteroatoms. The van der Waals surface area contributed by atoms with Crippen LogP contribution < -0.4 is 5.32 Å². The molecule has 1 aliphatic rings. The van der Waals surface area contributed by atoms with Crippen LogP contribution in [0.1, 0.15) is 55.5 Å². The molecule has 0 bridgehead atoms. The lowest BCUT2D eigenvalue weighted by Crippen LogP contribution is -2.34. The minimum Gasteiger partial charge on any atom is -0.338 e. The molecule has 106 valence electrons. The van der Waals surface area contributed by atoms with E-state index < -0.39 is 0 Å². The van der Waals surface area contributed by atoms with Crippen LogP contribution in [-0.4, -0.2) is 10.1 Å². The summed E-state index contributed by atoms with van der Waals surface area (Å²) in [5.74, 6) is 2.07. The van der Waals surface area contributed by atoms with Gasteiger partial charge in [0.1, 0.15) is 0 Å². The Balaban J connectivity index is 1.76.